The smallest absolute Gasteiger partial charge is 0.226 e. The van der Waals surface area contributed by atoms with Gasteiger partial charge in [-0.05, 0) is 31.4 Å². The van der Waals surface area contributed by atoms with Crippen LogP contribution in [-0.2, 0) is 4.79 Å². The minimum atomic E-state index is 0.199. The van der Waals surface area contributed by atoms with Crippen molar-refractivity contribution in [1.82, 2.24) is 9.88 Å². The van der Waals surface area contributed by atoms with Gasteiger partial charge in [0.2, 0.25) is 5.91 Å². The van der Waals surface area contributed by atoms with Crippen molar-refractivity contribution in [1.29, 1.82) is 0 Å². The van der Waals surface area contributed by atoms with Gasteiger partial charge in [-0.1, -0.05) is 12.2 Å². The molecule has 1 aromatic heterocycles. The summed E-state index contributed by atoms with van der Waals surface area (Å²) in [6, 6.07) is 3.81. The van der Waals surface area contributed by atoms with Crippen molar-refractivity contribution in [3.05, 3.63) is 36.7 Å². The van der Waals surface area contributed by atoms with Gasteiger partial charge < -0.3 is 9.64 Å². The molecule has 4 nitrogen and oxygen atoms in total. The van der Waals surface area contributed by atoms with Crippen LogP contribution >= 0.6 is 0 Å². The lowest BCUT2D eigenvalue weighted by atomic mass is 9.92. The molecule has 0 radical (unpaired) electrons. The van der Waals surface area contributed by atoms with Crippen LogP contribution in [-0.4, -0.2) is 35.0 Å². The summed E-state index contributed by atoms with van der Waals surface area (Å²) >= 11 is 0. The van der Waals surface area contributed by atoms with E-state index in [9.17, 15) is 4.79 Å². The molecule has 112 valence electrons. The Kier molecular flexibility index (Phi) is 4.53. The van der Waals surface area contributed by atoms with Crippen LogP contribution in [0.1, 0.15) is 32.1 Å². The number of aromatic nitrogens is 1. The molecule has 2 aliphatic rings. The van der Waals surface area contributed by atoms with E-state index in [2.05, 4.69) is 17.1 Å². The van der Waals surface area contributed by atoms with E-state index in [0.29, 0.717) is 5.91 Å². The Morgan fingerprint density at radius 2 is 2.10 bits per heavy atom. The monoisotopic (exact) mass is 286 g/mol. The summed E-state index contributed by atoms with van der Waals surface area (Å²) in [5.74, 6) is 1.35. The molecule has 0 bridgehead atoms. The number of rotatable bonds is 3. The third-order valence-electron chi connectivity index (χ3n) is 4.31. The van der Waals surface area contributed by atoms with Gasteiger partial charge in [-0.3, -0.25) is 9.78 Å². The number of nitrogens with zero attached hydrogens (tertiary/aromatic N) is 2. The lowest BCUT2D eigenvalue weighted by molar-refractivity contribution is -0.137. The molecule has 21 heavy (non-hydrogen) atoms. The molecule has 1 unspecified atom stereocenters. The maximum atomic E-state index is 12.5. The molecule has 1 aliphatic carbocycles. The Bertz CT molecular complexity index is 493. The molecular weight excluding hydrogens is 264 g/mol. The molecule has 0 saturated carbocycles. The third-order valence-corrected chi connectivity index (χ3v) is 4.31. The van der Waals surface area contributed by atoms with Crippen molar-refractivity contribution in [3.63, 3.8) is 0 Å². The second-order valence-corrected chi connectivity index (χ2v) is 5.81. The molecule has 0 spiro atoms. The van der Waals surface area contributed by atoms with Gasteiger partial charge in [-0.25, -0.2) is 0 Å². The van der Waals surface area contributed by atoms with Gasteiger partial charge in [-0.15, -0.1) is 0 Å². The zero-order valence-electron chi connectivity index (χ0n) is 12.3. The lowest BCUT2D eigenvalue weighted by Gasteiger charge is -2.34. The molecule has 0 aromatic carbocycles. The highest BCUT2D eigenvalue weighted by Crippen LogP contribution is 2.24. The minimum absolute atomic E-state index is 0.199. The number of pyridine rings is 1. The van der Waals surface area contributed by atoms with Crippen molar-refractivity contribution >= 4 is 5.91 Å². The van der Waals surface area contributed by atoms with Crippen LogP contribution in [0.25, 0.3) is 0 Å². The molecule has 1 fully saturated rings. The highest BCUT2D eigenvalue weighted by molar-refractivity contribution is 5.79. The predicted octanol–water partition coefficient (Wildman–Crippen LogP) is 2.81. The first-order chi connectivity index (χ1) is 10.3. The summed E-state index contributed by atoms with van der Waals surface area (Å²) in [4.78, 5) is 18.5. The van der Waals surface area contributed by atoms with E-state index in [0.717, 1.165) is 50.9 Å². The first-order valence-corrected chi connectivity index (χ1v) is 7.83. The number of ether oxygens (including phenoxy) is 1. The Labute approximate surface area is 125 Å². The van der Waals surface area contributed by atoms with E-state index in [1.54, 1.807) is 12.4 Å². The fourth-order valence-electron chi connectivity index (χ4n) is 3.08. The van der Waals surface area contributed by atoms with Gasteiger partial charge in [-0.2, -0.15) is 0 Å². The number of carbonyl (C=O) groups excluding carboxylic acids is 1. The van der Waals surface area contributed by atoms with Crippen LogP contribution in [0, 0.1) is 5.92 Å². The Balaban J connectivity index is 1.48. The van der Waals surface area contributed by atoms with Crippen LogP contribution < -0.4 is 4.74 Å². The first-order valence-electron chi connectivity index (χ1n) is 7.83. The van der Waals surface area contributed by atoms with Crippen LogP contribution in [0.15, 0.2) is 36.7 Å². The van der Waals surface area contributed by atoms with E-state index < -0.39 is 0 Å². The zero-order chi connectivity index (χ0) is 14.5. The Morgan fingerprint density at radius 3 is 2.76 bits per heavy atom. The van der Waals surface area contributed by atoms with Gasteiger partial charge in [0, 0.05) is 38.0 Å². The number of piperidine rings is 1. The fourth-order valence-corrected chi connectivity index (χ4v) is 3.08. The average molecular weight is 286 g/mol. The molecule has 1 atom stereocenters. The van der Waals surface area contributed by atoms with Gasteiger partial charge >= 0.3 is 0 Å². The van der Waals surface area contributed by atoms with E-state index in [1.807, 2.05) is 17.0 Å². The van der Waals surface area contributed by atoms with Crippen LogP contribution in [0.2, 0.25) is 0 Å². The van der Waals surface area contributed by atoms with Gasteiger partial charge in [0.25, 0.3) is 0 Å². The van der Waals surface area contributed by atoms with Crippen molar-refractivity contribution in [2.45, 2.75) is 38.2 Å². The van der Waals surface area contributed by atoms with Gasteiger partial charge in [0.05, 0.1) is 6.20 Å². The van der Waals surface area contributed by atoms with Crippen LogP contribution in [0.4, 0.5) is 0 Å². The zero-order valence-corrected chi connectivity index (χ0v) is 12.3. The lowest BCUT2D eigenvalue weighted by Crippen LogP contribution is -2.44. The van der Waals surface area contributed by atoms with Crippen molar-refractivity contribution in [3.8, 4) is 5.75 Å². The van der Waals surface area contributed by atoms with E-state index in [1.165, 1.54) is 0 Å². The number of likely N-dealkylation sites (tertiary alicyclic amines) is 1. The molecule has 1 amide bonds. The Hall–Kier alpha value is -1.84. The van der Waals surface area contributed by atoms with Gasteiger partial charge in [0.1, 0.15) is 11.9 Å². The standard InChI is InChI=1S/C17H22N2O2/c20-17(14-5-2-1-3-6-14)19-11-8-15(9-12-19)21-16-7-4-10-18-13-16/h1-2,4,7,10,13-15H,3,5-6,8-9,11-12H2. The highest BCUT2D eigenvalue weighted by atomic mass is 16.5. The number of amides is 1. The summed E-state index contributed by atoms with van der Waals surface area (Å²) in [6.45, 7) is 1.62. The van der Waals surface area contributed by atoms with Crippen LogP contribution in [0.5, 0.6) is 5.75 Å². The number of hydrogen-bond donors (Lipinski definition) is 0. The fraction of sp³-hybridized carbons (Fsp3) is 0.529. The molecule has 0 N–H and O–H groups in total. The van der Waals surface area contributed by atoms with E-state index in [4.69, 9.17) is 4.74 Å². The van der Waals surface area contributed by atoms with Crippen molar-refractivity contribution in [2.75, 3.05) is 13.1 Å². The number of hydrogen-bond acceptors (Lipinski definition) is 3. The summed E-state index contributed by atoms with van der Waals surface area (Å²) in [6.07, 6.45) is 12.8. The second kappa shape index (κ2) is 6.74. The maximum Gasteiger partial charge on any atom is 0.226 e. The second-order valence-electron chi connectivity index (χ2n) is 5.81. The highest BCUT2D eigenvalue weighted by Gasteiger charge is 2.28. The average Bonchev–Trinajstić information content (AvgIpc) is 2.57. The normalized spacial score (nSPS) is 23.0. The minimum Gasteiger partial charge on any atom is -0.489 e. The molecule has 3 rings (SSSR count). The molecule has 1 aliphatic heterocycles. The van der Waals surface area contributed by atoms with Gasteiger partial charge in [0.15, 0.2) is 0 Å². The summed E-state index contributed by atoms with van der Waals surface area (Å²) in [5, 5.41) is 0. The molecule has 1 saturated heterocycles. The SMILES string of the molecule is O=C(C1CC=CCC1)N1CCC(Oc2cccnc2)CC1. The molecule has 2 heterocycles. The molecule has 4 heteroatoms. The summed E-state index contributed by atoms with van der Waals surface area (Å²) < 4.78 is 5.92. The Morgan fingerprint density at radius 1 is 1.24 bits per heavy atom. The topological polar surface area (TPSA) is 42.4 Å². The van der Waals surface area contributed by atoms with Crippen molar-refractivity contribution in [2.24, 2.45) is 5.92 Å². The van der Waals surface area contributed by atoms with E-state index >= 15 is 0 Å². The maximum absolute atomic E-state index is 12.5. The third kappa shape index (κ3) is 3.63. The quantitative estimate of drug-likeness (QED) is 0.802. The number of carbonyl (C=O) groups is 1. The molecule has 1 aromatic rings. The number of allylic oxidation sites excluding steroid dienone is 2. The predicted molar refractivity (Wildman–Crippen MR) is 80.9 cm³/mol. The van der Waals surface area contributed by atoms with Crippen LogP contribution in [0.3, 0.4) is 0 Å². The first kappa shape index (κ1) is 14.1. The van der Waals surface area contributed by atoms with Crippen molar-refractivity contribution < 1.29 is 9.53 Å². The summed E-state index contributed by atoms with van der Waals surface area (Å²) in [7, 11) is 0. The van der Waals surface area contributed by atoms with E-state index in [-0.39, 0.29) is 12.0 Å². The largest absolute Gasteiger partial charge is 0.489 e. The molecular formula is C17H22N2O2. The summed E-state index contributed by atoms with van der Waals surface area (Å²) in [5.41, 5.74) is 0.